The van der Waals surface area contributed by atoms with Gasteiger partial charge in [-0.2, -0.15) is 0 Å². The molecule has 5 aromatic rings. The lowest BCUT2D eigenvalue weighted by Crippen LogP contribution is -2.35. The molecule has 0 saturated carbocycles. The van der Waals surface area contributed by atoms with Gasteiger partial charge in [-0.15, -0.1) is 10.2 Å². The van der Waals surface area contributed by atoms with E-state index in [4.69, 9.17) is 25.4 Å². The highest BCUT2D eigenvalue weighted by Gasteiger charge is 2.26. The van der Waals surface area contributed by atoms with E-state index in [1.165, 1.54) is 6.26 Å². The summed E-state index contributed by atoms with van der Waals surface area (Å²) in [6.07, 6.45) is 3.90. The first kappa shape index (κ1) is 19.8. The molecule has 1 fully saturated rings. The summed E-state index contributed by atoms with van der Waals surface area (Å²) in [5.74, 6) is 2.10. The van der Waals surface area contributed by atoms with Crippen LogP contribution in [-0.4, -0.2) is 56.6 Å². The number of anilines is 1. The summed E-state index contributed by atoms with van der Waals surface area (Å²) >= 11 is 6.26. The molecule has 1 aliphatic rings. The van der Waals surface area contributed by atoms with E-state index < -0.39 is 0 Å². The first-order valence-electron chi connectivity index (χ1n) is 10.6. The number of halogens is 1. The normalized spacial score (nSPS) is 14.8. The van der Waals surface area contributed by atoms with Gasteiger partial charge in [-0.05, 0) is 48.9 Å². The van der Waals surface area contributed by atoms with Crippen molar-refractivity contribution in [1.82, 2.24) is 24.5 Å². The number of furan rings is 2. The third-order valence-electron chi connectivity index (χ3n) is 5.82. The Morgan fingerprint density at radius 1 is 0.970 bits per heavy atom. The molecule has 1 saturated heterocycles. The van der Waals surface area contributed by atoms with E-state index in [-0.39, 0.29) is 5.91 Å². The summed E-state index contributed by atoms with van der Waals surface area (Å²) in [6, 6.07) is 12.6. The number of amides is 1. The minimum atomic E-state index is -0.106. The van der Waals surface area contributed by atoms with Crippen LogP contribution < -0.4 is 4.90 Å². The van der Waals surface area contributed by atoms with Crippen LogP contribution in [0.1, 0.15) is 17.0 Å². The zero-order valence-electron chi connectivity index (χ0n) is 17.5. The fourth-order valence-electron chi connectivity index (χ4n) is 4.25. The maximum Gasteiger partial charge on any atom is 0.289 e. The van der Waals surface area contributed by atoms with Crippen LogP contribution in [0.3, 0.4) is 0 Å². The highest BCUT2D eigenvalue weighted by molar-refractivity contribution is 6.31. The molecule has 166 valence electrons. The number of fused-ring (bicyclic) bond motifs is 3. The SMILES string of the molecule is O=C(c1ccco1)N1CCCN(c2nc3cc(Cl)ccc3c3nnc(-c4ccco4)n23)CC1. The van der Waals surface area contributed by atoms with Crippen molar-refractivity contribution in [2.45, 2.75) is 6.42 Å². The van der Waals surface area contributed by atoms with Gasteiger partial charge in [0.1, 0.15) is 0 Å². The Morgan fingerprint density at radius 2 is 1.85 bits per heavy atom. The van der Waals surface area contributed by atoms with Gasteiger partial charge in [0.2, 0.25) is 11.8 Å². The van der Waals surface area contributed by atoms with Gasteiger partial charge in [-0.3, -0.25) is 4.79 Å². The number of hydrogen-bond acceptors (Lipinski definition) is 7. The fraction of sp³-hybridized carbons (Fsp3) is 0.217. The molecule has 9 nitrogen and oxygen atoms in total. The second-order valence-electron chi connectivity index (χ2n) is 7.84. The molecular formula is C23H19ClN6O3. The van der Waals surface area contributed by atoms with Crippen LogP contribution in [0.5, 0.6) is 0 Å². The number of nitrogens with zero attached hydrogens (tertiary/aromatic N) is 6. The fourth-order valence-corrected chi connectivity index (χ4v) is 4.41. The Hall–Kier alpha value is -3.85. The molecule has 0 spiro atoms. The average molecular weight is 463 g/mol. The van der Waals surface area contributed by atoms with Crippen molar-refractivity contribution < 1.29 is 13.6 Å². The first-order valence-corrected chi connectivity index (χ1v) is 11.0. The predicted octanol–water partition coefficient (Wildman–Crippen LogP) is 4.14. The van der Waals surface area contributed by atoms with E-state index in [0.29, 0.717) is 60.1 Å². The van der Waals surface area contributed by atoms with Crippen molar-refractivity contribution in [2.24, 2.45) is 0 Å². The highest BCUT2D eigenvalue weighted by Crippen LogP contribution is 2.30. The Balaban J connectivity index is 1.44. The van der Waals surface area contributed by atoms with Gasteiger partial charge in [0.05, 0.1) is 18.0 Å². The molecule has 0 radical (unpaired) electrons. The largest absolute Gasteiger partial charge is 0.461 e. The van der Waals surface area contributed by atoms with Crippen LogP contribution >= 0.6 is 11.6 Å². The molecule has 1 aromatic carbocycles. The minimum Gasteiger partial charge on any atom is -0.461 e. The van der Waals surface area contributed by atoms with Crippen LogP contribution in [0.15, 0.2) is 63.8 Å². The highest BCUT2D eigenvalue weighted by atomic mass is 35.5. The van der Waals surface area contributed by atoms with Crippen LogP contribution in [0.25, 0.3) is 28.1 Å². The Kier molecular flexibility index (Phi) is 4.76. The van der Waals surface area contributed by atoms with E-state index in [1.807, 2.05) is 39.6 Å². The van der Waals surface area contributed by atoms with Gasteiger partial charge >= 0.3 is 0 Å². The Labute approximate surface area is 193 Å². The third-order valence-corrected chi connectivity index (χ3v) is 6.06. The zero-order valence-corrected chi connectivity index (χ0v) is 18.3. The van der Waals surface area contributed by atoms with Gasteiger partial charge in [0.15, 0.2) is 17.2 Å². The van der Waals surface area contributed by atoms with Gasteiger partial charge in [0.25, 0.3) is 5.91 Å². The second-order valence-corrected chi connectivity index (χ2v) is 8.28. The summed E-state index contributed by atoms with van der Waals surface area (Å²) in [5, 5.41) is 10.3. The number of carbonyl (C=O) groups is 1. The van der Waals surface area contributed by atoms with Crippen LogP contribution in [0, 0.1) is 0 Å². The van der Waals surface area contributed by atoms with Crippen LogP contribution in [0.2, 0.25) is 5.02 Å². The molecule has 33 heavy (non-hydrogen) atoms. The standard InChI is InChI=1S/C23H19ClN6O3/c24-15-6-7-16-17(14-15)25-23(30-20(16)26-27-21(30)18-4-1-12-32-18)29-9-3-8-28(10-11-29)22(31)19-5-2-13-33-19/h1-2,4-7,12-14H,3,8-11H2. The number of benzene rings is 1. The summed E-state index contributed by atoms with van der Waals surface area (Å²) in [7, 11) is 0. The van der Waals surface area contributed by atoms with E-state index in [1.54, 1.807) is 18.4 Å². The number of rotatable bonds is 3. The number of aromatic nitrogens is 4. The second kappa shape index (κ2) is 7.93. The maximum absolute atomic E-state index is 12.8. The van der Waals surface area contributed by atoms with Crippen molar-refractivity contribution in [1.29, 1.82) is 0 Å². The molecule has 0 atom stereocenters. The van der Waals surface area contributed by atoms with E-state index in [2.05, 4.69) is 15.1 Å². The molecular weight excluding hydrogens is 444 g/mol. The van der Waals surface area contributed by atoms with Crippen LogP contribution in [-0.2, 0) is 0 Å². The predicted molar refractivity (Wildman–Crippen MR) is 122 cm³/mol. The molecule has 0 unspecified atom stereocenters. The van der Waals surface area contributed by atoms with Gasteiger partial charge < -0.3 is 18.6 Å². The molecule has 5 heterocycles. The summed E-state index contributed by atoms with van der Waals surface area (Å²) in [6.45, 7) is 2.47. The molecule has 1 amide bonds. The Bertz CT molecular complexity index is 1440. The van der Waals surface area contributed by atoms with Crippen molar-refractivity contribution in [3.8, 4) is 11.6 Å². The maximum atomic E-state index is 12.8. The third kappa shape index (κ3) is 3.41. The minimum absolute atomic E-state index is 0.106. The monoisotopic (exact) mass is 462 g/mol. The van der Waals surface area contributed by atoms with Gasteiger partial charge in [-0.1, -0.05) is 11.6 Å². The number of carbonyl (C=O) groups excluding carboxylic acids is 1. The topological polar surface area (TPSA) is 92.9 Å². The molecule has 0 bridgehead atoms. The first-order chi connectivity index (χ1) is 16.2. The van der Waals surface area contributed by atoms with Crippen molar-refractivity contribution >= 4 is 40.0 Å². The molecule has 0 N–H and O–H groups in total. The van der Waals surface area contributed by atoms with Crippen LogP contribution in [0.4, 0.5) is 5.95 Å². The molecule has 4 aromatic heterocycles. The van der Waals surface area contributed by atoms with Crippen molar-refractivity contribution in [3.05, 3.63) is 65.8 Å². The van der Waals surface area contributed by atoms with E-state index >= 15 is 0 Å². The quantitative estimate of drug-likeness (QED) is 0.398. The lowest BCUT2D eigenvalue weighted by atomic mass is 10.2. The molecule has 0 aliphatic carbocycles. The molecule has 1 aliphatic heterocycles. The summed E-state index contributed by atoms with van der Waals surface area (Å²) in [5.41, 5.74) is 1.40. The van der Waals surface area contributed by atoms with Gasteiger partial charge in [-0.25, -0.2) is 9.38 Å². The van der Waals surface area contributed by atoms with Crippen molar-refractivity contribution in [3.63, 3.8) is 0 Å². The Morgan fingerprint density at radius 3 is 2.67 bits per heavy atom. The lowest BCUT2D eigenvalue weighted by molar-refractivity contribution is 0.0735. The average Bonchev–Trinajstić information content (AvgIpc) is 3.57. The molecule has 10 heteroatoms. The molecule has 6 rings (SSSR count). The smallest absolute Gasteiger partial charge is 0.289 e. The number of hydrogen-bond donors (Lipinski definition) is 0. The lowest BCUT2D eigenvalue weighted by Gasteiger charge is -2.24. The van der Waals surface area contributed by atoms with E-state index in [0.717, 1.165) is 17.3 Å². The zero-order chi connectivity index (χ0) is 22.4. The van der Waals surface area contributed by atoms with Crippen molar-refractivity contribution in [2.75, 3.05) is 31.1 Å². The summed E-state index contributed by atoms with van der Waals surface area (Å²) < 4.78 is 12.8. The van der Waals surface area contributed by atoms with E-state index in [9.17, 15) is 4.79 Å². The van der Waals surface area contributed by atoms with Gasteiger partial charge in [0, 0.05) is 36.6 Å². The summed E-state index contributed by atoms with van der Waals surface area (Å²) in [4.78, 5) is 21.7.